The van der Waals surface area contributed by atoms with Crippen molar-refractivity contribution in [1.29, 1.82) is 0 Å². The predicted octanol–water partition coefficient (Wildman–Crippen LogP) is 2.37. The van der Waals surface area contributed by atoms with Crippen LogP contribution in [0.25, 0.3) is 0 Å². The minimum Gasteiger partial charge on any atom is -0.350 e. The first-order valence-electron chi connectivity index (χ1n) is 8.36. The molecular weight excluding hydrogens is 354 g/mol. The van der Waals surface area contributed by atoms with Gasteiger partial charge in [0, 0.05) is 12.5 Å². The third-order valence-corrected chi connectivity index (χ3v) is 3.86. The van der Waals surface area contributed by atoms with E-state index in [1.165, 1.54) is 12.1 Å². The zero-order valence-electron chi connectivity index (χ0n) is 14.7. The van der Waals surface area contributed by atoms with E-state index in [1.807, 2.05) is 5.32 Å². The lowest BCUT2D eigenvalue weighted by atomic mass is 9.98. The van der Waals surface area contributed by atoms with E-state index in [9.17, 15) is 23.2 Å². The van der Waals surface area contributed by atoms with Crippen LogP contribution in [0.2, 0.25) is 0 Å². The molecule has 2 rings (SSSR count). The number of hydrogen-bond donors (Lipinski definition) is 2. The van der Waals surface area contributed by atoms with E-state index < -0.39 is 36.1 Å². The fourth-order valence-electron chi connectivity index (χ4n) is 2.47. The van der Waals surface area contributed by atoms with E-state index in [1.54, 1.807) is 48.5 Å². The van der Waals surface area contributed by atoms with Crippen LogP contribution in [-0.4, -0.2) is 36.1 Å². The maximum Gasteiger partial charge on any atom is 0.324 e. The van der Waals surface area contributed by atoms with Crippen LogP contribution >= 0.6 is 0 Å². The smallest absolute Gasteiger partial charge is 0.324 e. The molecule has 0 radical (unpaired) electrons. The first-order valence-corrected chi connectivity index (χ1v) is 8.36. The van der Waals surface area contributed by atoms with Crippen molar-refractivity contribution in [2.75, 3.05) is 6.54 Å². The highest BCUT2D eigenvalue weighted by Crippen LogP contribution is 2.18. The molecule has 2 amide bonds. The Kier molecular flexibility index (Phi) is 6.76. The molecule has 7 heteroatoms. The maximum atomic E-state index is 14.3. The molecule has 1 atom stereocenters. The van der Waals surface area contributed by atoms with Crippen molar-refractivity contribution in [1.82, 2.24) is 10.6 Å². The number of alkyl halides is 2. The van der Waals surface area contributed by atoms with Crippen molar-refractivity contribution in [3.05, 3.63) is 71.8 Å². The second-order valence-electron chi connectivity index (χ2n) is 6.06. The second kappa shape index (κ2) is 9.02. The normalized spacial score (nSPS) is 12.1. The van der Waals surface area contributed by atoms with Gasteiger partial charge in [-0.05, 0) is 24.1 Å². The summed E-state index contributed by atoms with van der Waals surface area (Å²) in [5.74, 6) is -6.56. The van der Waals surface area contributed by atoms with Gasteiger partial charge in [-0.1, -0.05) is 48.5 Å². The Morgan fingerprint density at radius 2 is 1.52 bits per heavy atom. The average molecular weight is 374 g/mol. The standard InChI is InChI=1S/C20H20F2N2O3/c1-14(25)23-13-20(21,22)18(26)17(12-15-8-4-2-5-9-15)24-19(27)16-10-6-3-7-11-16/h2-11,17H,12-13H2,1H3,(H,23,25)(H,24,27). The summed E-state index contributed by atoms with van der Waals surface area (Å²) in [6.07, 6.45) is -0.0894. The van der Waals surface area contributed by atoms with Crippen molar-refractivity contribution >= 4 is 17.6 Å². The SMILES string of the molecule is CC(=O)NCC(F)(F)C(=O)C(Cc1ccccc1)NC(=O)c1ccccc1. The molecule has 5 nitrogen and oxygen atoms in total. The topological polar surface area (TPSA) is 75.3 Å². The molecular formula is C20H20F2N2O3. The van der Waals surface area contributed by atoms with Gasteiger partial charge in [0.25, 0.3) is 5.91 Å². The molecule has 0 saturated carbocycles. The Labute approximate surface area is 155 Å². The van der Waals surface area contributed by atoms with E-state index in [2.05, 4.69) is 5.32 Å². The number of rotatable bonds is 8. The Morgan fingerprint density at radius 1 is 0.963 bits per heavy atom. The molecule has 2 N–H and O–H groups in total. The third-order valence-electron chi connectivity index (χ3n) is 3.86. The summed E-state index contributed by atoms with van der Waals surface area (Å²) in [6, 6.07) is 15.1. The Bertz CT molecular complexity index is 795. The van der Waals surface area contributed by atoms with Gasteiger partial charge in [0.15, 0.2) is 0 Å². The second-order valence-corrected chi connectivity index (χ2v) is 6.06. The molecule has 0 saturated heterocycles. The summed E-state index contributed by atoms with van der Waals surface area (Å²) < 4.78 is 28.5. The molecule has 0 aliphatic carbocycles. The lowest BCUT2D eigenvalue weighted by Gasteiger charge is -2.23. The van der Waals surface area contributed by atoms with Crippen LogP contribution in [0.5, 0.6) is 0 Å². The summed E-state index contributed by atoms with van der Waals surface area (Å²) in [6.45, 7) is -0.0349. The summed E-state index contributed by atoms with van der Waals surface area (Å²) in [4.78, 5) is 35.7. The zero-order valence-corrected chi connectivity index (χ0v) is 14.7. The number of amides is 2. The average Bonchev–Trinajstić information content (AvgIpc) is 2.67. The highest BCUT2D eigenvalue weighted by atomic mass is 19.3. The molecule has 0 aliphatic rings. The molecule has 0 aliphatic heterocycles. The molecule has 0 spiro atoms. The fraction of sp³-hybridized carbons (Fsp3) is 0.250. The Morgan fingerprint density at radius 3 is 2.07 bits per heavy atom. The van der Waals surface area contributed by atoms with Crippen molar-refractivity contribution in [2.45, 2.75) is 25.3 Å². The van der Waals surface area contributed by atoms with Crippen LogP contribution in [0.1, 0.15) is 22.8 Å². The van der Waals surface area contributed by atoms with E-state index >= 15 is 0 Å². The molecule has 0 bridgehead atoms. The Hall–Kier alpha value is -3.09. The number of halogens is 2. The monoisotopic (exact) mass is 374 g/mol. The number of benzene rings is 2. The molecule has 0 aromatic heterocycles. The van der Waals surface area contributed by atoms with Gasteiger partial charge in [0.1, 0.15) is 0 Å². The molecule has 0 fully saturated rings. The number of hydrogen-bond acceptors (Lipinski definition) is 3. The van der Waals surface area contributed by atoms with E-state index in [-0.39, 0.29) is 12.0 Å². The molecule has 0 heterocycles. The molecule has 142 valence electrons. The van der Waals surface area contributed by atoms with Gasteiger partial charge in [0.2, 0.25) is 11.7 Å². The quantitative estimate of drug-likeness (QED) is 0.745. The zero-order chi connectivity index (χ0) is 19.9. The number of Topliss-reactive ketones (excluding diaryl/α,β-unsaturated/α-hetero) is 1. The van der Waals surface area contributed by atoms with Gasteiger partial charge < -0.3 is 10.6 Å². The number of ketones is 1. The van der Waals surface area contributed by atoms with Crippen LogP contribution in [0, 0.1) is 0 Å². The number of nitrogens with one attached hydrogen (secondary N) is 2. The van der Waals surface area contributed by atoms with Gasteiger partial charge in [-0.2, -0.15) is 8.78 Å². The summed E-state index contributed by atoms with van der Waals surface area (Å²) in [5.41, 5.74) is 0.882. The van der Waals surface area contributed by atoms with E-state index in [4.69, 9.17) is 0 Å². The van der Waals surface area contributed by atoms with Crippen LogP contribution in [0.15, 0.2) is 60.7 Å². The largest absolute Gasteiger partial charge is 0.350 e. The highest BCUT2D eigenvalue weighted by Gasteiger charge is 2.43. The summed E-state index contributed by atoms with van der Waals surface area (Å²) in [7, 11) is 0. The summed E-state index contributed by atoms with van der Waals surface area (Å²) in [5, 5.41) is 4.34. The van der Waals surface area contributed by atoms with E-state index in [0.717, 1.165) is 6.92 Å². The van der Waals surface area contributed by atoms with Gasteiger partial charge >= 0.3 is 5.92 Å². The van der Waals surface area contributed by atoms with Crippen LogP contribution in [0.3, 0.4) is 0 Å². The van der Waals surface area contributed by atoms with Crippen molar-refractivity contribution in [3.63, 3.8) is 0 Å². The van der Waals surface area contributed by atoms with Crippen LogP contribution in [-0.2, 0) is 16.0 Å². The maximum absolute atomic E-state index is 14.3. The molecule has 27 heavy (non-hydrogen) atoms. The summed E-state index contributed by atoms with van der Waals surface area (Å²) >= 11 is 0. The Balaban J connectivity index is 2.21. The minimum atomic E-state index is -3.81. The first kappa shape index (κ1) is 20.2. The number of carbonyl (C=O) groups excluding carboxylic acids is 3. The lowest BCUT2D eigenvalue weighted by molar-refractivity contribution is -0.145. The third kappa shape index (κ3) is 5.99. The van der Waals surface area contributed by atoms with Gasteiger partial charge in [0.05, 0.1) is 12.6 Å². The van der Waals surface area contributed by atoms with Crippen molar-refractivity contribution in [3.8, 4) is 0 Å². The van der Waals surface area contributed by atoms with E-state index in [0.29, 0.717) is 5.56 Å². The first-order chi connectivity index (χ1) is 12.8. The highest BCUT2D eigenvalue weighted by molar-refractivity contribution is 6.00. The molecule has 1 unspecified atom stereocenters. The van der Waals surface area contributed by atoms with Crippen LogP contribution < -0.4 is 10.6 Å². The lowest BCUT2D eigenvalue weighted by Crippen LogP contribution is -2.53. The van der Waals surface area contributed by atoms with Gasteiger partial charge in [-0.15, -0.1) is 0 Å². The predicted molar refractivity (Wildman–Crippen MR) is 96.5 cm³/mol. The molecule has 2 aromatic rings. The van der Waals surface area contributed by atoms with Gasteiger partial charge in [-0.3, -0.25) is 14.4 Å². The van der Waals surface area contributed by atoms with Crippen molar-refractivity contribution < 1.29 is 23.2 Å². The van der Waals surface area contributed by atoms with Gasteiger partial charge in [-0.25, -0.2) is 0 Å². The van der Waals surface area contributed by atoms with Crippen LogP contribution in [0.4, 0.5) is 8.78 Å². The fourth-order valence-corrected chi connectivity index (χ4v) is 2.47. The minimum absolute atomic E-state index is 0.0894. The molecule has 2 aromatic carbocycles. The number of carbonyl (C=O) groups is 3. The van der Waals surface area contributed by atoms with Crippen molar-refractivity contribution in [2.24, 2.45) is 0 Å².